The van der Waals surface area contributed by atoms with Gasteiger partial charge in [-0.2, -0.15) is 5.10 Å². The highest BCUT2D eigenvalue weighted by molar-refractivity contribution is 5.96. The predicted octanol–water partition coefficient (Wildman–Crippen LogP) is 2.68. The van der Waals surface area contributed by atoms with Crippen molar-refractivity contribution in [1.29, 1.82) is 0 Å². The fourth-order valence-electron chi connectivity index (χ4n) is 3.51. The number of hydrogen-bond acceptors (Lipinski definition) is 3. The zero-order valence-electron chi connectivity index (χ0n) is 14.9. The zero-order valence-corrected chi connectivity index (χ0v) is 14.9. The van der Waals surface area contributed by atoms with Crippen LogP contribution in [0.2, 0.25) is 0 Å². The molecule has 2 atom stereocenters. The third kappa shape index (κ3) is 3.24. The van der Waals surface area contributed by atoms with Crippen molar-refractivity contribution in [3.8, 4) is 0 Å². The fourth-order valence-corrected chi connectivity index (χ4v) is 3.51. The Morgan fingerprint density at radius 2 is 2.25 bits per heavy atom. The van der Waals surface area contributed by atoms with Crippen LogP contribution in [0, 0.1) is 13.8 Å². The molecule has 2 unspecified atom stereocenters. The summed E-state index contributed by atoms with van der Waals surface area (Å²) in [5.41, 5.74) is 3.72. The van der Waals surface area contributed by atoms with E-state index >= 15 is 0 Å². The van der Waals surface area contributed by atoms with Crippen molar-refractivity contribution >= 4 is 5.91 Å². The Kier molecular flexibility index (Phi) is 4.76. The molecule has 0 saturated carbocycles. The van der Waals surface area contributed by atoms with Gasteiger partial charge >= 0.3 is 0 Å². The molecular formula is C18H26N4O2. The van der Waals surface area contributed by atoms with Crippen LogP contribution in [-0.2, 0) is 11.8 Å². The number of carbonyl (C=O) groups excluding carboxylic acids is 1. The van der Waals surface area contributed by atoms with Gasteiger partial charge in [0.2, 0.25) is 0 Å². The number of aryl methyl sites for hydroxylation is 2. The van der Waals surface area contributed by atoms with E-state index in [0.29, 0.717) is 6.04 Å². The molecule has 0 bridgehead atoms. The molecule has 1 amide bonds. The van der Waals surface area contributed by atoms with E-state index in [0.717, 1.165) is 48.7 Å². The molecule has 24 heavy (non-hydrogen) atoms. The van der Waals surface area contributed by atoms with Crippen molar-refractivity contribution in [2.45, 2.75) is 45.7 Å². The molecular weight excluding hydrogens is 304 g/mol. The summed E-state index contributed by atoms with van der Waals surface area (Å²) in [6.45, 7) is 7.59. The summed E-state index contributed by atoms with van der Waals surface area (Å²) in [6.07, 6.45) is 4.05. The number of ether oxygens (including phenoxy) is 1. The van der Waals surface area contributed by atoms with Crippen LogP contribution in [0.5, 0.6) is 0 Å². The van der Waals surface area contributed by atoms with Crippen LogP contribution in [0.4, 0.5) is 0 Å². The number of aromatic nitrogens is 3. The second-order valence-electron chi connectivity index (χ2n) is 6.64. The van der Waals surface area contributed by atoms with Gasteiger partial charge in [-0.1, -0.05) is 0 Å². The molecule has 0 aliphatic carbocycles. The minimum Gasteiger partial charge on any atom is -0.379 e. The first-order chi connectivity index (χ1) is 11.5. The monoisotopic (exact) mass is 330 g/mol. The molecule has 6 nitrogen and oxygen atoms in total. The van der Waals surface area contributed by atoms with E-state index in [-0.39, 0.29) is 11.9 Å². The van der Waals surface area contributed by atoms with Gasteiger partial charge in [-0.25, -0.2) is 0 Å². The van der Waals surface area contributed by atoms with Gasteiger partial charge in [0.05, 0.1) is 29.9 Å². The summed E-state index contributed by atoms with van der Waals surface area (Å²) < 4.78 is 9.60. The molecule has 3 rings (SSSR count). The van der Waals surface area contributed by atoms with E-state index in [1.54, 1.807) is 4.68 Å². The summed E-state index contributed by atoms with van der Waals surface area (Å²) in [4.78, 5) is 12.7. The summed E-state index contributed by atoms with van der Waals surface area (Å²) in [7, 11) is 1.87. The lowest BCUT2D eigenvalue weighted by molar-refractivity contribution is 0.0579. The minimum absolute atomic E-state index is 0.0516. The minimum atomic E-state index is -0.125. The van der Waals surface area contributed by atoms with Crippen LogP contribution >= 0.6 is 0 Å². The van der Waals surface area contributed by atoms with E-state index < -0.39 is 0 Å². The topological polar surface area (TPSA) is 61.1 Å². The van der Waals surface area contributed by atoms with Crippen LogP contribution in [0.15, 0.2) is 18.3 Å². The van der Waals surface area contributed by atoms with Crippen LogP contribution in [0.25, 0.3) is 0 Å². The van der Waals surface area contributed by atoms with Gasteiger partial charge in [0.1, 0.15) is 0 Å². The molecule has 1 fully saturated rings. The highest BCUT2D eigenvalue weighted by Crippen LogP contribution is 2.26. The highest BCUT2D eigenvalue weighted by Gasteiger charge is 2.24. The summed E-state index contributed by atoms with van der Waals surface area (Å²) in [5.74, 6) is -0.0516. The summed E-state index contributed by atoms with van der Waals surface area (Å²) in [6, 6.07) is 4.10. The first-order valence-corrected chi connectivity index (χ1v) is 8.54. The van der Waals surface area contributed by atoms with E-state index in [9.17, 15) is 4.79 Å². The van der Waals surface area contributed by atoms with Gasteiger partial charge in [0.25, 0.3) is 5.91 Å². The smallest absolute Gasteiger partial charge is 0.253 e. The van der Waals surface area contributed by atoms with Gasteiger partial charge in [-0.15, -0.1) is 0 Å². The average Bonchev–Trinajstić information content (AvgIpc) is 3.12. The Morgan fingerprint density at radius 1 is 1.46 bits per heavy atom. The maximum Gasteiger partial charge on any atom is 0.253 e. The first-order valence-electron chi connectivity index (χ1n) is 8.54. The number of hydrogen-bond donors (Lipinski definition) is 1. The van der Waals surface area contributed by atoms with Gasteiger partial charge in [0.15, 0.2) is 0 Å². The molecule has 0 spiro atoms. The lowest BCUT2D eigenvalue weighted by atomic mass is 10.1. The van der Waals surface area contributed by atoms with Crippen LogP contribution in [0.3, 0.4) is 0 Å². The maximum atomic E-state index is 12.7. The van der Waals surface area contributed by atoms with Gasteiger partial charge in [0, 0.05) is 31.2 Å². The summed E-state index contributed by atoms with van der Waals surface area (Å²) >= 11 is 0. The first kappa shape index (κ1) is 16.8. The fraction of sp³-hybridized carbons (Fsp3) is 0.556. The number of nitrogens with one attached hydrogen (secondary N) is 1. The van der Waals surface area contributed by atoms with Gasteiger partial charge < -0.3 is 14.6 Å². The van der Waals surface area contributed by atoms with Crippen molar-refractivity contribution in [3.05, 3.63) is 41.0 Å². The lowest BCUT2D eigenvalue weighted by Gasteiger charge is -2.26. The van der Waals surface area contributed by atoms with Crippen molar-refractivity contribution in [2.24, 2.45) is 7.05 Å². The van der Waals surface area contributed by atoms with Crippen molar-refractivity contribution in [2.75, 3.05) is 13.2 Å². The molecule has 3 heterocycles. The third-order valence-corrected chi connectivity index (χ3v) is 4.76. The van der Waals surface area contributed by atoms with Crippen LogP contribution < -0.4 is 5.32 Å². The molecule has 0 aromatic carbocycles. The van der Waals surface area contributed by atoms with Crippen LogP contribution in [0.1, 0.15) is 59.3 Å². The van der Waals surface area contributed by atoms with Gasteiger partial charge in [-0.3, -0.25) is 9.48 Å². The molecule has 2 aromatic rings. The Balaban J connectivity index is 1.77. The number of nitrogens with zero attached hydrogens (tertiary/aromatic N) is 3. The maximum absolute atomic E-state index is 12.7. The highest BCUT2D eigenvalue weighted by atomic mass is 16.5. The lowest BCUT2D eigenvalue weighted by Crippen LogP contribution is -2.28. The molecule has 0 radical (unpaired) electrons. The molecule has 6 heteroatoms. The third-order valence-electron chi connectivity index (χ3n) is 4.76. The zero-order chi connectivity index (χ0) is 17.3. The normalized spacial score (nSPS) is 19.2. The standard InChI is InChI=1S/C18H26N4O2/c1-12-10-16(14(3)22(12)15-6-5-9-24-11-15)18(23)19-13(2)17-7-8-21(4)20-17/h7-8,10,13,15H,5-6,9,11H2,1-4H3,(H,19,23). The molecule has 130 valence electrons. The predicted molar refractivity (Wildman–Crippen MR) is 92.1 cm³/mol. The average molecular weight is 330 g/mol. The molecule has 1 aliphatic rings. The Hall–Kier alpha value is -2.08. The molecule has 1 N–H and O–H groups in total. The summed E-state index contributed by atoms with van der Waals surface area (Å²) in [5, 5.41) is 7.41. The Bertz CT molecular complexity index is 725. The molecule has 1 saturated heterocycles. The number of carbonyl (C=O) groups is 1. The number of rotatable bonds is 4. The van der Waals surface area contributed by atoms with E-state index in [1.807, 2.05) is 39.2 Å². The van der Waals surface area contributed by atoms with Crippen molar-refractivity contribution < 1.29 is 9.53 Å². The van der Waals surface area contributed by atoms with Gasteiger partial charge in [-0.05, 0) is 45.7 Å². The van der Waals surface area contributed by atoms with Crippen LogP contribution in [-0.4, -0.2) is 33.5 Å². The quantitative estimate of drug-likeness (QED) is 0.937. The molecule has 2 aromatic heterocycles. The van der Waals surface area contributed by atoms with Crippen molar-refractivity contribution in [3.63, 3.8) is 0 Å². The van der Waals surface area contributed by atoms with E-state index in [4.69, 9.17) is 4.74 Å². The van der Waals surface area contributed by atoms with E-state index in [2.05, 4.69) is 21.9 Å². The second-order valence-corrected chi connectivity index (χ2v) is 6.64. The Labute approximate surface area is 142 Å². The molecule has 1 aliphatic heterocycles. The SMILES string of the molecule is Cc1cc(C(=O)NC(C)c2ccn(C)n2)c(C)n1C1CCCOC1. The Morgan fingerprint density at radius 3 is 2.88 bits per heavy atom. The second kappa shape index (κ2) is 6.81. The largest absolute Gasteiger partial charge is 0.379 e. The van der Waals surface area contributed by atoms with E-state index in [1.165, 1.54) is 0 Å². The number of amides is 1. The van der Waals surface area contributed by atoms with Crippen molar-refractivity contribution in [1.82, 2.24) is 19.7 Å².